The van der Waals surface area contributed by atoms with E-state index >= 15 is 0 Å². The second kappa shape index (κ2) is 4.96. The molecule has 18 heavy (non-hydrogen) atoms. The summed E-state index contributed by atoms with van der Waals surface area (Å²) in [6.45, 7) is -0.0370. The SMILES string of the molecule is N[C@@H](Cc1ccc(O)cc1)C(=O)NC1(CO)CC1. The van der Waals surface area contributed by atoms with Gasteiger partial charge >= 0.3 is 0 Å². The number of aliphatic hydroxyl groups is 1. The van der Waals surface area contributed by atoms with Crippen molar-refractivity contribution in [2.24, 2.45) is 5.73 Å². The van der Waals surface area contributed by atoms with Gasteiger partial charge in [-0.25, -0.2) is 0 Å². The number of carbonyl (C=O) groups excluding carboxylic acids is 1. The van der Waals surface area contributed by atoms with E-state index in [1.165, 1.54) is 0 Å². The van der Waals surface area contributed by atoms with E-state index in [-0.39, 0.29) is 18.3 Å². The van der Waals surface area contributed by atoms with Crippen molar-refractivity contribution in [1.82, 2.24) is 5.32 Å². The lowest BCUT2D eigenvalue weighted by atomic mass is 10.1. The molecule has 1 aromatic carbocycles. The maximum absolute atomic E-state index is 11.8. The van der Waals surface area contributed by atoms with Crippen LogP contribution in [0.15, 0.2) is 24.3 Å². The molecule has 0 saturated heterocycles. The average Bonchev–Trinajstić information content (AvgIpc) is 3.12. The molecule has 0 aliphatic heterocycles. The summed E-state index contributed by atoms with van der Waals surface area (Å²) in [6, 6.07) is 5.97. The molecule has 5 nitrogen and oxygen atoms in total. The predicted octanol–water partition coefficient (Wildman–Crippen LogP) is -0.0969. The number of carbonyl (C=O) groups is 1. The summed E-state index contributed by atoms with van der Waals surface area (Å²) in [4.78, 5) is 11.8. The predicted molar refractivity (Wildman–Crippen MR) is 67.0 cm³/mol. The van der Waals surface area contributed by atoms with Gasteiger partial charge in [0.15, 0.2) is 0 Å². The summed E-state index contributed by atoms with van der Waals surface area (Å²) in [5.41, 5.74) is 6.29. The molecule has 5 heteroatoms. The zero-order chi connectivity index (χ0) is 13.2. The highest BCUT2D eigenvalue weighted by molar-refractivity contribution is 5.83. The third-order valence-electron chi connectivity index (χ3n) is 3.27. The summed E-state index contributed by atoms with van der Waals surface area (Å²) in [5.74, 6) is -0.0522. The highest BCUT2D eigenvalue weighted by Crippen LogP contribution is 2.34. The molecule has 0 bridgehead atoms. The van der Waals surface area contributed by atoms with Crippen LogP contribution in [0.25, 0.3) is 0 Å². The van der Waals surface area contributed by atoms with E-state index in [9.17, 15) is 4.79 Å². The Kier molecular flexibility index (Phi) is 3.54. The van der Waals surface area contributed by atoms with Crippen LogP contribution in [-0.4, -0.2) is 34.3 Å². The number of aliphatic hydroxyl groups excluding tert-OH is 1. The highest BCUT2D eigenvalue weighted by Gasteiger charge is 2.43. The van der Waals surface area contributed by atoms with Crippen molar-refractivity contribution in [2.75, 3.05) is 6.61 Å². The summed E-state index contributed by atoms with van der Waals surface area (Å²) < 4.78 is 0. The quantitative estimate of drug-likeness (QED) is 0.587. The van der Waals surface area contributed by atoms with Gasteiger partial charge in [0.05, 0.1) is 18.2 Å². The van der Waals surface area contributed by atoms with E-state index in [1.807, 2.05) is 0 Å². The van der Waals surface area contributed by atoms with Crippen LogP contribution in [0.3, 0.4) is 0 Å². The van der Waals surface area contributed by atoms with Crippen LogP contribution in [0.5, 0.6) is 5.75 Å². The fraction of sp³-hybridized carbons (Fsp3) is 0.462. The molecule has 5 N–H and O–H groups in total. The number of hydrogen-bond donors (Lipinski definition) is 4. The first-order valence-electron chi connectivity index (χ1n) is 6.01. The average molecular weight is 250 g/mol. The van der Waals surface area contributed by atoms with Gasteiger partial charge in [-0.3, -0.25) is 4.79 Å². The fourth-order valence-electron chi connectivity index (χ4n) is 1.81. The van der Waals surface area contributed by atoms with Gasteiger partial charge in [0.25, 0.3) is 0 Å². The van der Waals surface area contributed by atoms with Crippen molar-refractivity contribution in [3.05, 3.63) is 29.8 Å². The second-order valence-corrected chi connectivity index (χ2v) is 4.90. The Morgan fingerprint density at radius 3 is 2.50 bits per heavy atom. The first-order chi connectivity index (χ1) is 8.54. The second-order valence-electron chi connectivity index (χ2n) is 4.90. The Morgan fingerprint density at radius 1 is 1.39 bits per heavy atom. The molecule has 0 radical (unpaired) electrons. The molecule has 1 aromatic rings. The number of nitrogens with two attached hydrogens (primary N) is 1. The van der Waals surface area contributed by atoms with Crippen molar-refractivity contribution in [3.63, 3.8) is 0 Å². The molecule has 1 saturated carbocycles. The standard InChI is InChI=1S/C13H18N2O3/c14-11(7-9-1-3-10(17)4-2-9)12(18)15-13(8-16)5-6-13/h1-4,11,16-17H,5-8,14H2,(H,15,18)/t11-/m0/s1. The minimum absolute atomic E-state index is 0.0370. The van der Waals surface area contributed by atoms with E-state index in [4.69, 9.17) is 15.9 Å². The summed E-state index contributed by atoms with van der Waals surface area (Å²) in [5, 5.41) is 21.1. The van der Waals surface area contributed by atoms with Gasteiger partial charge in [0.2, 0.25) is 5.91 Å². The summed E-state index contributed by atoms with van der Waals surface area (Å²) in [7, 11) is 0. The van der Waals surface area contributed by atoms with E-state index in [2.05, 4.69) is 5.32 Å². The first-order valence-corrected chi connectivity index (χ1v) is 6.01. The molecule has 98 valence electrons. The molecule has 1 amide bonds. The van der Waals surface area contributed by atoms with E-state index in [1.54, 1.807) is 24.3 Å². The van der Waals surface area contributed by atoms with Crippen LogP contribution < -0.4 is 11.1 Å². The van der Waals surface area contributed by atoms with Gasteiger partial charge in [-0.05, 0) is 37.0 Å². The van der Waals surface area contributed by atoms with Crippen LogP contribution in [0.4, 0.5) is 0 Å². The van der Waals surface area contributed by atoms with Crippen molar-refractivity contribution >= 4 is 5.91 Å². The number of benzene rings is 1. The van der Waals surface area contributed by atoms with Gasteiger partial charge in [-0.1, -0.05) is 12.1 Å². The molecular formula is C13H18N2O3. The van der Waals surface area contributed by atoms with Crippen LogP contribution in [0.2, 0.25) is 0 Å². The van der Waals surface area contributed by atoms with Crippen LogP contribution in [0.1, 0.15) is 18.4 Å². The number of rotatable bonds is 5. The minimum atomic E-state index is -0.640. The van der Waals surface area contributed by atoms with E-state index < -0.39 is 11.6 Å². The molecule has 0 heterocycles. The molecule has 1 atom stereocenters. The Balaban J connectivity index is 1.89. The molecule has 2 rings (SSSR count). The molecule has 1 aliphatic rings. The maximum atomic E-state index is 11.8. The normalized spacial score (nSPS) is 18.1. The number of amides is 1. The number of nitrogens with one attached hydrogen (secondary N) is 1. The maximum Gasteiger partial charge on any atom is 0.237 e. The lowest BCUT2D eigenvalue weighted by Crippen LogP contribution is -2.49. The van der Waals surface area contributed by atoms with E-state index in [0.717, 1.165) is 18.4 Å². The smallest absolute Gasteiger partial charge is 0.237 e. The molecule has 0 spiro atoms. The Hall–Kier alpha value is -1.59. The Bertz CT molecular complexity index is 426. The molecule has 1 fully saturated rings. The Labute approximate surface area is 106 Å². The van der Waals surface area contributed by atoms with Crippen molar-refractivity contribution < 1.29 is 15.0 Å². The molecule has 1 aliphatic carbocycles. The van der Waals surface area contributed by atoms with Crippen molar-refractivity contribution in [3.8, 4) is 5.75 Å². The number of aromatic hydroxyl groups is 1. The molecule has 0 unspecified atom stereocenters. The van der Waals surface area contributed by atoms with Crippen LogP contribution >= 0.6 is 0 Å². The van der Waals surface area contributed by atoms with Gasteiger partial charge in [-0.15, -0.1) is 0 Å². The third kappa shape index (κ3) is 3.00. The number of phenols is 1. The largest absolute Gasteiger partial charge is 0.508 e. The van der Waals surface area contributed by atoms with Crippen LogP contribution in [-0.2, 0) is 11.2 Å². The van der Waals surface area contributed by atoms with Gasteiger partial charge in [-0.2, -0.15) is 0 Å². The van der Waals surface area contributed by atoms with Gasteiger partial charge in [0, 0.05) is 0 Å². The topological polar surface area (TPSA) is 95.6 Å². The number of phenolic OH excluding ortho intramolecular Hbond substituents is 1. The lowest BCUT2D eigenvalue weighted by Gasteiger charge is -2.18. The van der Waals surface area contributed by atoms with Gasteiger partial charge in [0.1, 0.15) is 5.75 Å². The highest BCUT2D eigenvalue weighted by atomic mass is 16.3. The molecule has 0 aromatic heterocycles. The van der Waals surface area contributed by atoms with E-state index in [0.29, 0.717) is 6.42 Å². The lowest BCUT2D eigenvalue weighted by molar-refractivity contribution is -0.123. The monoisotopic (exact) mass is 250 g/mol. The van der Waals surface area contributed by atoms with Crippen LogP contribution in [0, 0.1) is 0 Å². The third-order valence-corrected chi connectivity index (χ3v) is 3.27. The molecular weight excluding hydrogens is 232 g/mol. The van der Waals surface area contributed by atoms with Crippen molar-refractivity contribution in [1.29, 1.82) is 0 Å². The van der Waals surface area contributed by atoms with Gasteiger partial charge < -0.3 is 21.3 Å². The van der Waals surface area contributed by atoms with Crippen molar-refractivity contribution in [2.45, 2.75) is 30.8 Å². The Morgan fingerprint density at radius 2 is 2.00 bits per heavy atom. The number of hydrogen-bond acceptors (Lipinski definition) is 4. The minimum Gasteiger partial charge on any atom is -0.508 e. The first kappa shape index (κ1) is 12.9. The zero-order valence-electron chi connectivity index (χ0n) is 10.1. The zero-order valence-corrected chi connectivity index (χ0v) is 10.1. The summed E-state index contributed by atoms with van der Waals surface area (Å²) >= 11 is 0. The summed E-state index contributed by atoms with van der Waals surface area (Å²) in [6.07, 6.45) is 2.02. The fourth-order valence-corrected chi connectivity index (χ4v) is 1.81.